The highest BCUT2D eigenvalue weighted by Crippen LogP contribution is 2.40. The summed E-state index contributed by atoms with van der Waals surface area (Å²) in [6, 6.07) is 0.484. The van der Waals surface area contributed by atoms with Crippen LogP contribution in [-0.2, 0) is 0 Å². The van der Waals surface area contributed by atoms with Crippen LogP contribution in [0.25, 0.3) is 0 Å². The van der Waals surface area contributed by atoms with Crippen LogP contribution in [0.2, 0.25) is 0 Å². The van der Waals surface area contributed by atoms with Crippen LogP contribution in [0.3, 0.4) is 0 Å². The Morgan fingerprint density at radius 3 is 2.62 bits per heavy atom. The second-order valence-electron chi connectivity index (χ2n) is 4.88. The molecule has 0 aromatic carbocycles. The summed E-state index contributed by atoms with van der Waals surface area (Å²) in [7, 11) is 0. The van der Waals surface area contributed by atoms with E-state index in [1.807, 2.05) is 12.5 Å². The van der Waals surface area contributed by atoms with Gasteiger partial charge in [-0.2, -0.15) is 0 Å². The Morgan fingerprint density at radius 1 is 1.44 bits per heavy atom. The highest BCUT2D eigenvalue weighted by Gasteiger charge is 2.32. The fourth-order valence-electron chi connectivity index (χ4n) is 2.63. The van der Waals surface area contributed by atoms with Crippen molar-refractivity contribution in [3.8, 4) is 0 Å². The van der Waals surface area contributed by atoms with Crippen molar-refractivity contribution in [3.05, 3.63) is 18.2 Å². The summed E-state index contributed by atoms with van der Waals surface area (Å²) >= 11 is 0. The van der Waals surface area contributed by atoms with Crippen LogP contribution in [0, 0.1) is 5.92 Å². The van der Waals surface area contributed by atoms with Gasteiger partial charge in [0.25, 0.3) is 0 Å². The van der Waals surface area contributed by atoms with Gasteiger partial charge in [0.2, 0.25) is 0 Å². The third-order valence-corrected chi connectivity index (χ3v) is 3.86. The maximum absolute atomic E-state index is 5.91. The fraction of sp³-hybridized carbons (Fsp3) is 0.769. The van der Waals surface area contributed by atoms with Gasteiger partial charge in [-0.05, 0) is 31.6 Å². The number of hydrogen-bond acceptors (Lipinski definition) is 2. The maximum Gasteiger partial charge on any atom is 0.0951 e. The lowest BCUT2D eigenvalue weighted by Crippen LogP contribution is -2.23. The van der Waals surface area contributed by atoms with E-state index in [2.05, 4.69) is 23.4 Å². The van der Waals surface area contributed by atoms with Crippen molar-refractivity contribution in [2.24, 2.45) is 11.7 Å². The molecule has 2 rings (SSSR count). The third-order valence-electron chi connectivity index (χ3n) is 3.86. The monoisotopic (exact) mass is 221 g/mol. The number of nitrogens with zero attached hydrogens (tertiary/aromatic N) is 2. The van der Waals surface area contributed by atoms with Crippen molar-refractivity contribution in [2.75, 3.05) is 6.54 Å². The van der Waals surface area contributed by atoms with Crippen molar-refractivity contribution in [1.82, 2.24) is 9.55 Å². The molecular weight excluding hydrogens is 198 g/mol. The molecule has 1 atom stereocenters. The van der Waals surface area contributed by atoms with Gasteiger partial charge in [-0.3, -0.25) is 0 Å². The number of nitrogens with two attached hydrogens (primary N) is 1. The first-order valence-corrected chi connectivity index (χ1v) is 6.53. The zero-order valence-electron chi connectivity index (χ0n) is 10.4. The quantitative estimate of drug-likeness (QED) is 0.802. The van der Waals surface area contributed by atoms with Crippen molar-refractivity contribution in [2.45, 2.75) is 51.5 Å². The lowest BCUT2D eigenvalue weighted by molar-refractivity contribution is 0.425. The minimum Gasteiger partial charge on any atom is -0.330 e. The lowest BCUT2D eigenvalue weighted by Gasteiger charge is -2.22. The van der Waals surface area contributed by atoms with Gasteiger partial charge in [0.1, 0.15) is 0 Å². The zero-order chi connectivity index (χ0) is 11.5. The third kappa shape index (κ3) is 2.14. The zero-order valence-corrected chi connectivity index (χ0v) is 10.4. The van der Waals surface area contributed by atoms with Crippen LogP contribution < -0.4 is 5.73 Å². The maximum atomic E-state index is 5.91. The SMILES string of the molecule is CCC(CC)c1cncn1C(CN)C1CC1. The average Bonchev–Trinajstić information content (AvgIpc) is 3.02. The molecule has 3 nitrogen and oxygen atoms in total. The van der Waals surface area contributed by atoms with Crippen molar-refractivity contribution >= 4 is 0 Å². The molecule has 0 spiro atoms. The van der Waals surface area contributed by atoms with Crippen LogP contribution in [0.4, 0.5) is 0 Å². The van der Waals surface area contributed by atoms with E-state index < -0.39 is 0 Å². The molecule has 1 heterocycles. The summed E-state index contributed by atoms with van der Waals surface area (Å²) in [5.74, 6) is 1.43. The second kappa shape index (κ2) is 5.00. The number of hydrogen-bond donors (Lipinski definition) is 1. The minimum absolute atomic E-state index is 0.484. The second-order valence-corrected chi connectivity index (χ2v) is 4.88. The molecule has 0 bridgehead atoms. The summed E-state index contributed by atoms with van der Waals surface area (Å²) < 4.78 is 2.34. The minimum atomic E-state index is 0.484. The van der Waals surface area contributed by atoms with E-state index >= 15 is 0 Å². The molecule has 1 saturated carbocycles. The molecule has 16 heavy (non-hydrogen) atoms. The lowest BCUT2D eigenvalue weighted by atomic mass is 9.99. The van der Waals surface area contributed by atoms with E-state index in [9.17, 15) is 0 Å². The molecule has 0 amide bonds. The molecule has 1 unspecified atom stereocenters. The Labute approximate surface area is 98.1 Å². The smallest absolute Gasteiger partial charge is 0.0951 e. The molecule has 1 aliphatic rings. The predicted molar refractivity (Wildman–Crippen MR) is 66.4 cm³/mol. The largest absolute Gasteiger partial charge is 0.330 e. The highest BCUT2D eigenvalue weighted by molar-refractivity contribution is 5.09. The van der Waals surface area contributed by atoms with Crippen molar-refractivity contribution < 1.29 is 0 Å². The van der Waals surface area contributed by atoms with E-state index in [-0.39, 0.29) is 0 Å². The normalized spacial score (nSPS) is 18.0. The average molecular weight is 221 g/mol. The summed E-state index contributed by atoms with van der Waals surface area (Å²) in [6.45, 7) is 5.24. The number of rotatable bonds is 6. The summed E-state index contributed by atoms with van der Waals surface area (Å²) in [5, 5.41) is 0. The predicted octanol–water partition coefficient (Wildman–Crippen LogP) is 2.70. The standard InChI is InChI=1S/C13H23N3/c1-3-10(4-2)13-8-15-9-16(13)12(7-14)11-5-6-11/h8-12H,3-7,14H2,1-2H3. The molecule has 90 valence electrons. The molecule has 1 aromatic heterocycles. The Bertz CT molecular complexity index is 324. The van der Waals surface area contributed by atoms with Gasteiger partial charge in [-0.15, -0.1) is 0 Å². The molecule has 1 fully saturated rings. The van der Waals surface area contributed by atoms with Crippen molar-refractivity contribution in [3.63, 3.8) is 0 Å². The molecule has 2 N–H and O–H groups in total. The van der Waals surface area contributed by atoms with E-state index in [1.165, 1.54) is 31.4 Å². The molecule has 1 aromatic rings. The molecule has 0 radical (unpaired) electrons. The van der Waals surface area contributed by atoms with Crippen LogP contribution in [0.5, 0.6) is 0 Å². The van der Waals surface area contributed by atoms with E-state index in [1.54, 1.807) is 0 Å². The van der Waals surface area contributed by atoms with E-state index in [4.69, 9.17) is 5.73 Å². The van der Waals surface area contributed by atoms with Gasteiger partial charge >= 0.3 is 0 Å². The topological polar surface area (TPSA) is 43.8 Å². The first-order valence-electron chi connectivity index (χ1n) is 6.53. The van der Waals surface area contributed by atoms with Crippen LogP contribution >= 0.6 is 0 Å². The van der Waals surface area contributed by atoms with E-state index in [0.29, 0.717) is 12.0 Å². The molecular formula is C13H23N3. The van der Waals surface area contributed by atoms with E-state index in [0.717, 1.165) is 12.5 Å². The fourth-order valence-corrected chi connectivity index (χ4v) is 2.63. The molecule has 0 saturated heterocycles. The van der Waals surface area contributed by atoms with Gasteiger partial charge in [0, 0.05) is 30.4 Å². The highest BCUT2D eigenvalue weighted by atomic mass is 15.1. The number of aromatic nitrogens is 2. The van der Waals surface area contributed by atoms with Crippen molar-refractivity contribution in [1.29, 1.82) is 0 Å². The Kier molecular flexibility index (Phi) is 3.64. The van der Waals surface area contributed by atoms with Gasteiger partial charge in [0.05, 0.1) is 6.33 Å². The first-order chi connectivity index (χ1) is 7.81. The van der Waals surface area contributed by atoms with Crippen LogP contribution in [-0.4, -0.2) is 16.1 Å². The molecule has 1 aliphatic carbocycles. The Balaban J connectivity index is 2.22. The first kappa shape index (κ1) is 11.6. The molecule has 3 heteroatoms. The van der Waals surface area contributed by atoms with Gasteiger partial charge in [0.15, 0.2) is 0 Å². The van der Waals surface area contributed by atoms with Gasteiger partial charge in [-0.1, -0.05) is 13.8 Å². The van der Waals surface area contributed by atoms with Gasteiger partial charge in [-0.25, -0.2) is 4.98 Å². The Hall–Kier alpha value is -0.830. The van der Waals surface area contributed by atoms with Crippen LogP contribution in [0.1, 0.15) is 57.2 Å². The van der Waals surface area contributed by atoms with Gasteiger partial charge < -0.3 is 10.3 Å². The number of imidazole rings is 1. The molecule has 0 aliphatic heterocycles. The summed E-state index contributed by atoms with van der Waals surface area (Å²) in [4.78, 5) is 4.33. The summed E-state index contributed by atoms with van der Waals surface area (Å²) in [6.07, 6.45) is 9.05. The summed E-state index contributed by atoms with van der Waals surface area (Å²) in [5.41, 5.74) is 7.29. The Morgan fingerprint density at radius 2 is 2.12 bits per heavy atom. The van der Waals surface area contributed by atoms with Crippen LogP contribution in [0.15, 0.2) is 12.5 Å².